The van der Waals surface area contributed by atoms with Crippen molar-refractivity contribution in [1.82, 2.24) is 20.3 Å². The van der Waals surface area contributed by atoms with E-state index in [1.807, 2.05) is 26.2 Å². The number of aromatic nitrogens is 3. The van der Waals surface area contributed by atoms with Gasteiger partial charge >= 0.3 is 0 Å². The average molecular weight is 439 g/mol. The van der Waals surface area contributed by atoms with Gasteiger partial charge in [-0.15, -0.1) is 5.10 Å². The summed E-state index contributed by atoms with van der Waals surface area (Å²) in [5.41, 5.74) is 2.12. The van der Waals surface area contributed by atoms with Crippen LogP contribution in [0.2, 0.25) is 0 Å². The number of rotatable bonds is 3. The highest BCUT2D eigenvalue weighted by atomic mass is 79.9. The molecule has 1 atom stereocenters. The average Bonchev–Trinajstić information content (AvgIpc) is 2.64. The molecule has 0 amide bonds. The lowest BCUT2D eigenvalue weighted by atomic mass is 10.0. The highest BCUT2D eigenvalue weighted by Crippen LogP contribution is 2.32. The Balaban J connectivity index is 2.52. The van der Waals surface area contributed by atoms with Gasteiger partial charge in [0, 0.05) is 16.0 Å². The maximum atomic E-state index is 4.02. The van der Waals surface area contributed by atoms with Crippen LogP contribution in [-0.2, 0) is 7.05 Å². The molecule has 0 bridgehead atoms. The molecule has 2 aromatic rings. The van der Waals surface area contributed by atoms with Crippen molar-refractivity contribution in [3.8, 4) is 0 Å². The summed E-state index contributed by atoms with van der Waals surface area (Å²) >= 11 is 10.5. The van der Waals surface area contributed by atoms with Gasteiger partial charge < -0.3 is 5.32 Å². The van der Waals surface area contributed by atoms with Crippen LogP contribution in [0.3, 0.4) is 0 Å². The Morgan fingerprint density at radius 2 is 2.00 bits per heavy atom. The number of aryl methyl sites for hydroxylation is 1. The van der Waals surface area contributed by atoms with Gasteiger partial charge in [-0.3, -0.25) is 0 Å². The van der Waals surface area contributed by atoms with E-state index in [1.165, 1.54) is 0 Å². The van der Waals surface area contributed by atoms with Gasteiger partial charge in [-0.25, -0.2) is 4.68 Å². The van der Waals surface area contributed by atoms with Gasteiger partial charge in [0.05, 0.1) is 11.7 Å². The molecule has 4 nitrogen and oxygen atoms in total. The molecule has 2 rings (SSSR count). The summed E-state index contributed by atoms with van der Waals surface area (Å²) in [7, 11) is 3.79. The van der Waals surface area contributed by atoms with E-state index in [2.05, 4.69) is 69.5 Å². The molecule has 1 heterocycles. The van der Waals surface area contributed by atoms with E-state index >= 15 is 0 Å². The Bertz CT molecular complexity index is 548. The van der Waals surface area contributed by atoms with Gasteiger partial charge in [-0.2, -0.15) is 0 Å². The van der Waals surface area contributed by atoms with Gasteiger partial charge in [0.2, 0.25) is 0 Å². The second kappa shape index (κ2) is 5.81. The van der Waals surface area contributed by atoms with Crippen LogP contribution in [0.5, 0.6) is 0 Å². The molecule has 0 spiro atoms. The smallest absolute Gasteiger partial charge is 0.153 e. The van der Waals surface area contributed by atoms with Crippen LogP contribution in [-0.4, -0.2) is 22.0 Å². The molecule has 96 valence electrons. The van der Waals surface area contributed by atoms with Crippen LogP contribution in [0.15, 0.2) is 31.7 Å². The van der Waals surface area contributed by atoms with E-state index in [0.717, 1.165) is 24.8 Å². The first-order valence-corrected chi connectivity index (χ1v) is 7.59. The van der Waals surface area contributed by atoms with E-state index < -0.39 is 0 Å². The van der Waals surface area contributed by atoms with Gasteiger partial charge in [-0.1, -0.05) is 43.1 Å². The molecule has 7 heteroatoms. The van der Waals surface area contributed by atoms with Crippen LogP contribution >= 0.6 is 47.8 Å². The zero-order chi connectivity index (χ0) is 13.3. The molecule has 0 fully saturated rings. The number of hydrogen-bond acceptors (Lipinski definition) is 3. The third-order valence-electron chi connectivity index (χ3n) is 2.66. The molecule has 1 aromatic carbocycles. The van der Waals surface area contributed by atoms with Gasteiger partial charge in [0.25, 0.3) is 0 Å². The summed E-state index contributed by atoms with van der Waals surface area (Å²) in [5, 5.41) is 11.3. The number of halogens is 3. The molecule has 0 saturated heterocycles. The predicted molar refractivity (Wildman–Crippen MR) is 81.4 cm³/mol. The largest absolute Gasteiger partial charge is 0.308 e. The SMILES string of the molecule is CNC(c1ccc(Br)cc1Br)c1c(Br)nnn1C. The van der Waals surface area contributed by atoms with Gasteiger partial charge in [0.15, 0.2) is 4.60 Å². The zero-order valence-electron chi connectivity index (χ0n) is 9.78. The van der Waals surface area contributed by atoms with E-state index in [-0.39, 0.29) is 6.04 Å². The van der Waals surface area contributed by atoms with Crippen molar-refractivity contribution in [1.29, 1.82) is 0 Å². The minimum Gasteiger partial charge on any atom is -0.308 e. The molecule has 1 N–H and O–H groups in total. The molecular weight excluding hydrogens is 428 g/mol. The zero-order valence-corrected chi connectivity index (χ0v) is 14.5. The van der Waals surface area contributed by atoms with E-state index in [0.29, 0.717) is 0 Å². The van der Waals surface area contributed by atoms with Crippen LogP contribution in [0.4, 0.5) is 0 Å². The van der Waals surface area contributed by atoms with Crippen molar-refractivity contribution >= 4 is 47.8 Å². The molecule has 0 aliphatic carbocycles. The van der Waals surface area contributed by atoms with Crippen LogP contribution in [0, 0.1) is 0 Å². The first-order valence-electron chi connectivity index (χ1n) is 5.22. The van der Waals surface area contributed by atoms with Crippen molar-refractivity contribution in [2.45, 2.75) is 6.04 Å². The van der Waals surface area contributed by atoms with Gasteiger partial charge in [0.1, 0.15) is 0 Å². The number of benzene rings is 1. The van der Waals surface area contributed by atoms with Crippen LogP contribution in [0.25, 0.3) is 0 Å². The standard InChI is InChI=1S/C11H11Br3N4/c1-15-9(10-11(14)16-17-18(10)2)7-4-3-6(12)5-8(7)13/h3-5,9,15H,1-2H3. The summed E-state index contributed by atoms with van der Waals surface area (Å²) in [6.45, 7) is 0. The first-order chi connectivity index (χ1) is 8.54. The first kappa shape index (κ1) is 14.2. The lowest BCUT2D eigenvalue weighted by molar-refractivity contribution is 0.595. The van der Waals surface area contributed by atoms with E-state index in [1.54, 1.807) is 4.68 Å². The number of nitrogens with zero attached hydrogens (tertiary/aromatic N) is 3. The molecule has 0 aliphatic rings. The lowest BCUT2D eigenvalue weighted by Crippen LogP contribution is -2.21. The maximum absolute atomic E-state index is 4.02. The van der Waals surface area contributed by atoms with Crippen molar-refractivity contribution in [3.63, 3.8) is 0 Å². The fourth-order valence-corrected chi connectivity index (χ4v) is 3.65. The fourth-order valence-electron chi connectivity index (χ4n) is 1.82. The second-order valence-corrected chi connectivity index (χ2v) is 6.30. The van der Waals surface area contributed by atoms with Crippen molar-refractivity contribution < 1.29 is 0 Å². The van der Waals surface area contributed by atoms with Crippen molar-refractivity contribution in [2.75, 3.05) is 7.05 Å². The van der Waals surface area contributed by atoms with Crippen molar-refractivity contribution in [3.05, 3.63) is 43.0 Å². The maximum Gasteiger partial charge on any atom is 0.153 e. The number of hydrogen-bond donors (Lipinski definition) is 1. The lowest BCUT2D eigenvalue weighted by Gasteiger charge is -2.18. The fraction of sp³-hybridized carbons (Fsp3) is 0.273. The molecule has 0 aliphatic heterocycles. The molecular formula is C11H11Br3N4. The monoisotopic (exact) mass is 436 g/mol. The summed E-state index contributed by atoms with van der Waals surface area (Å²) in [4.78, 5) is 0. The third kappa shape index (κ3) is 2.68. The Morgan fingerprint density at radius 3 is 2.50 bits per heavy atom. The normalized spacial score (nSPS) is 12.7. The summed E-state index contributed by atoms with van der Waals surface area (Å²) < 4.78 is 4.58. The Hall–Kier alpha value is -0.240. The Morgan fingerprint density at radius 1 is 1.28 bits per heavy atom. The van der Waals surface area contributed by atoms with Crippen molar-refractivity contribution in [2.24, 2.45) is 7.05 Å². The molecule has 0 saturated carbocycles. The summed E-state index contributed by atoms with van der Waals surface area (Å²) in [6.07, 6.45) is 0. The van der Waals surface area contributed by atoms with Crippen LogP contribution in [0.1, 0.15) is 17.3 Å². The Labute approximate surface area is 131 Å². The molecule has 1 aromatic heterocycles. The molecule has 18 heavy (non-hydrogen) atoms. The quantitative estimate of drug-likeness (QED) is 0.798. The summed E-state index contributed by atoms with van der Waals surface area (Å²) in [5.74, 6) is 0. The predicted octanol–water partition coefficient (Wildman–Crippen LogP) is 3.41. The highest BCUT2D eigenvalue weighted by molar-refractivity contribution is 9.11. The second-order valence-electron chi connectivity index (χ2n) is 3.78. The third-order valence-corrected chi connectivity index (χ3v) is 4.41. The molecule has 1 unspecified atom stereocenters. The highest BCUT2D eigenvalue weighted by Gasteiger charge is 2.22. The van der Waals surface area contributed by atoms with E-state index in [4.69, 9.17) is 0 Å². The minimum atomic E-state index is 0.0156. The van der Waals surface area contributed by atoms with Gasteiger partial charge in [-0.05, 0) is 40.7 Å². The summed E-state index contributed by atoms with van der Waals surface area (Å²) in [6, 6.07) is 6.12. The Kier molecular flexibility index (Phi) is 4.58. The minimum absolute atomic E-state index is 0.0156. The molecule has 0 radical (unpaired) electrons. The topological polar surface area (TPSA) is 42.7 Å². The van der Waals surface area contributed by atoms with Crippen LogP contribution < -0.4 is 5.32 Å². The van der Waals surface area contributed by atoms with E-state index in [9.17, 15) is 0 Å². The number of nitrogens with one attached hydrogen (secondary N) is 1.